The summed E-state index contributed by atoms with van der Waals surface area (Å²) < 4.78 is 0. The molecule has 0 radical (unpaired) electrons. The first kappa shape index (κ1) is 25.3. The van der Waals surface area contributed by atoms with E-state index in [1.165, 1.54) is 83.5 Å². The molecule has 0 rings (SSSR count). The first-order valence-electron chi connectivity index (χ1n) is 9.40. The summed E-state index contributed by atoms with van der Waals surface area (Å²) in [7, 11) is 0. The zero-order chi connectivity index (χ0) is 16.6. The summed E-state index contributed by atoms with van der Waals surface area (Å²) in [6.45, 7) is 8.56. The molecule has 0 bridgehead atoms. The summed E-state index contributed by atoms with van der Waals surface area (Å²) in [4.78, 5) is 0. The normalized spacial score (nSPS) is 9.62. The fourth-order valence-corrected chi connectivity index (χ4v) is 2.14. The Morgan fingerprint density at radius 3 is 1.19 bits per heavy atom. The monoisotopic (exact) mass is 294 g/mol. The van der Waals surface area contributed by atoms with E-state index in [0.717, 1.165) is 0 Å². The van der Waals surface area contributed by atoms with Gasteiger partial charge in [-0.25, -0.2) is 0 Å². The molecule has 0 aromatic carbocycles. The molecule has 0 aliphatic heterocycles. The van der Waals surface area contributed by atoms with Crippen molar-refractivity contribution in [1.82, 2.24) is 0 Å². The molecule has 0 aliphatic carbocycles. The second kappa shape index (κ2) is 31.6. The van der Waals surface area contributed by atoms with Crippen molar-refractivity contribution >= 4 is 0 Å². The summed E-state index contributed by atoms with van der Waals surface area (Å²) in [5, 5.41) is 0. The third-order valence-corrected chi connectivity index (χ3v) is 3.37. The number of terminal acetylenes is 1. The molecule has 0 fully saturated rings. The second-order valence-corrected chi connectivity index (χ2v) is 5.23. The maximum Gasteiger partial charge on any atom is -0.0351 e. The van der Waals surface area contributed by atoms with Crippen LogP contribution in [0.25, 0.3) is 0 Å². The van der Waals surface area contributed by atoms with Crippen molar-refractivity contribution in [3.05, 3.63) is 12.2 Å². The quantitative estimate of drug-likeness (QED) is 0.184. The SMILES string of the molecule is C#C.CC.CCCCCC/C=C\CCCCCCCCC. The van der Waals surface area contributed by atoms with E-state index in [-0.39, 0.29) is 0 Å². The van der Waals surface area contributed by atoms with E-state index in [2.05, 4.69) is 38.8 Å². The smallest absolute Gasteiger partial charge is 0.0351 e. The molecule has 0 spiro atoms. The lowest BCUT2D eigenvalue weighted by molar-refractivity contribution is 0.591. The third-order valence-electron chi connectivity index (χ3n) is 3.37. The second-order valence-electron chi connectivity index (χ2n) is 5.23. The zero-order valence-corrected chi connectivity index (χ0v) is 15.5. The topological polar surface area (TPSA) is 0 Å². The summed E-state index contributed by atoms with van der Waals surface area (Å²) in [5.74, 6) is 0. The van der Waals surface area contributed by atoms with E-state index in [4.69, 9.17) is 0 Å². The molecule has 0 aromatic heterocycles. The molecule has 126 valence electrons. The van der Waals surface area contributed by atoms with Gasteiger partial charge in [-0.3, -0.25) is 0 Å². The van der Waals surface area contributed by atoms with Gasteiger partial charge in [0, 0.05) is 0 Å². The Kier molecular flexibility index (Phi) is 38.0. The van der Waals surface area contributed by atoms with Crippen molar-refractivity contribution in [2.75, 3.05) is 0 Å². The molecule has 0 saturated carbocycles. The van der Waals surface area contributed by atoms with Gasteiger partial charge in [-0.1, -0.05) is 97.6 Å². The van der Waals surface area contributed by atoms with Crippen LogP contribution < -0.4 is 0 Å². The summed E-state index contributed by atoms with van der Waals surface area (Å²) in [5.41, 5.74) is 0. The van der Waals surface area contributed by atoms with Crippen molar-refractivity contribution in [3.8, 4) is 12.8 Å². The van der Waals surface area contributed by atoms with Crippen LogP contribution in [0.2, 0.25) is 0 Å². The van der Waals surface area contributed by atoms with Crippen LogP contribution in [0, 0.1) is 12.8 Å². The molecular formula is C21H42. The number of allylic oxidation sites excluding steroid dienone is 2. The molecule has 21 heavy (non-hydrogen) atoms. The molecule has 0 saturated heterocycles. The minimum atomic E-state index is 1.30. The Balaban J connectivity index is -0.000000739. The first-order chi connectivity index (χ1) is 10.4. The molecule has 0 N–H and O–H groups in total. The maximum absolute atomic E-state index is 4.00. The van der Waals surface area contributed by atoms with Gasteiger partial charge in [-0.2, -0.15) is 0 Å². The van der Waals surface area contributed by atoms with Crippen LogP contribution in [0.1, 0.15) is 111 Å². The Morgan fingerprint density at radius 1 is 0.524 bits per heavy atom. The Bertz CT molecular complexity index is 176. The summed E-state index contributed by atoms with van der Waals surface area (Å²) in [6.07, 6.45) is 30.9. The molecule has 0 heterocycles. The van der Waals surface area contributed by atoms with Crippen molar-refractivity contribution in [2.45, 2.75) is 111 Å². The fourth-order valence-electron chi connectivity index (χ4n) is 2.14. The van der Waals surface area contributed by atoms with Gasteiger partial charge in [0.05, 0.1) is 0 Å². The predicted molar refractivity (Wildman–Crippen MR) is 102 cm³/mol. The minimum absolute atomic E-state index is 1.30. The number of rotatable bonds is 13. The third kappa shape index (κ3) is 32.7. The summed E-state index contributed by atoms with van der Waals surface area (Å²) in [6, 6.07) is 0. The highest BCUT2D eigenvalue weighted by Gasteiger charge is 1.89. The highest BCUT2D eigenvalue weighted by atomic mass is 14.0. The van der Waals surface area contributed by atoms with Crippen molar-refractivity contribution in [2.24, 2.45) is 0 Å². The molecule has 0 nitrogen and oxygen atoms in total. The molecule has 0 heteroatoms. The summed E-state index contributed by atoms with van der Waals surface area (Å²) >= 11 is 0. The Morgan fingerprint density at radius 2 is 0.810 bits per heavy atom. The van der Waals surface area contributed by atoms with Gasteiger partial charge in [0.1, 0.15) is 0 Å². The molecule has 0 unspecified atom stereocenters. The zero-order valence-electron chi connectivity index (χ0n) is 15.5. The number of hydrogen-bond donors (Lipinski definition) is 0. The number of unbranched alkanes of at least 4 members (excludes halogenated alkanes) is 11. The fraction of sp³-hybridized carbons (Fsp3) is 0.810. The standard InChI is InChI=1S/C17H34.C2H6.C2H2/c1-3-5-7-9-11-13-15-17-16-14-12-10-8-6-4-2;2*1-2/h13,15H,3-12,14,16-17H2,1-2H3;1-2H3;1-2H/b15-13-;;. The lowest BCUT2D eigenvalue weighted by Gasteiger charge is -1.99. The van der Waals surface area contributed by atoms with Crippen LogP contribution in [-0.4, -0.2) is 0 Å². The first-order valence-corrected chi connectivity index (χ1v) is 9.40. The Hall–Kier alpha value is -0.700. The van der Waals surface area contributed by atoms with Crippen molar-refractivity contribution < 1.29 is 0 Å². The van der Waals surface area contributed by atoms with Gasteiger partial charge < -0.3 is 0 Å². The molecule has 0 aliphatic rings. The van der Waals surface area contributed by atoms with Gasteiger partial charge in [0.15, 0.2) is 0 Å². The minimum Gasteiger partial charge on any atom is -0.124 e. The average Bonchev–Trinajstić information content (AvgIpc) is 2.56. The van der Waals surface area contributed by atoms with Crippen LogP contribution in [0.3, 0.4) is 0 Å². The van der Waals surface area contributed by atoms with Crippen LogP contribution in [0.5, 0.6) is 0 Å². The highest BCUT2D eigenvalue weighted by molar-refractivity contribution is 4.81. The van der Waals surface area contributed by atoms with E-state index in [9.17, 15) is 0 Å². The van der Waals surface area contributed by atoms with E-state index in [0.29, 0.717) is 0 Å². The van der Waals surface area contributed by atoms with E-state index >= 15 is 0 Å². The highest BCUT2D eigenvalue weighted by Crippen LogP contribution is 2.09. The van der Waals surface area contributed by atoms with Gasteiger partial charge in [0.2, 0.25) is 0 Å². The van der Waals surface area contributed by atoms with Crippen LogP contribution in [0.4, 0.5) is 0 Å². The van der Waals surface area contributed by atoms with E-state index in [1.54, 1.807) is 0 Å². The van der Waals surface area contributed by atoms with Crippen LogP contribution in [-0.2, 0) is 0 Å². The van der Waals surface area contributed by atoms with Gasteiger partial charge in [0.25, 0.3) is 0 Å². The van der Waals surface area contributed by atoms with Crippen molar-refractivity contribution in [1.29, 1.82) is 0 Å². The van der Waals surface area contributed by atoms with E-state index < -0.39 is 0 Å². The average molecular weight is 295 g/mol. The van der Waals surface area contributed by atoms with Crippen molar-refractivity contribution in [3.63, 3.8) is 0 Å². The maximum atomic E-state index is 4.00. The Labute approximate surface area is 136 Å². The molecule has 0 atom stereocenters. The van der Waals surface area contributed by atoms with Gasteiger partial charge >= 0.3 is 0 Å². The van der Waals surface area contributed by atoms with Gasteiger partial charge in [-0.05, 0) is 25.7 Å². The van der Waals surface area contributed by atoms with Crippen LogP contribution in [0.15, 0.2) is 12.2 Å². The van der Waals surface area contributed by atoms with E-state index in [1.807, 2.05) is 13.8 Å². The van der Waals surface area contributed by atoms with Gasteiger partial charge in [-0.15, -0.1) is 12.8 Å². The molecular weight excluding hydrogens is 252 g/mol. The lowest BCUT2D eigenvalue weighted by Crippen LogP contribution is -1.79. The number of hydrogen-bond acceptors (Lipinski definition) is 0. The molecule has 0 aromatic rings. The largest absolute Gasteiger partial charge is 0.124 e. The molecule has 0 amide bonds. The van der Waals surface area contributed by atoms with Crippen LogP contribution >= 0.6 is 0 Å². The lowest BCUT2D eigenvalue weighted by atomic mass is 10.1. The predicted octanol–water partition coefficient (Wildman–Crippen LogP) is 7.93.